The number of hydrogen-bond acceptors (Lipinski definition) is 6. The normalized spacial score (nSPS) is 10.1. The minimum Gasteiger partial charge on any atom is -0.388 e. The van der Waals surface area contributed by atoms with Crippen LogP contribution < -0.4 is 10.6 Å². The van der Waals surface area contributed by atoms with Crippen LogP contribution in [0.2, 0.25) is 5.02 Å². The summed E-state index contributed by atoms with van der Waals surface area (Å²) < 4.78 is 6.05. The SMILES string of the molecule is C=O.CNCc1nnn(-c2cc(Cl)ccc2NC)c1C.COC.Cc1ccc(C(C)(C)C)cc1. The van der Waals surface area contributed by atoms with E-state index < -0.39 is 0 Å². The van der Waals surface area contributed by atoms with Gasteiger partial charge in [-0.15, -0.1) is 5.10 Å². The number of anilines is 1. The highest BCUT2D eigenvalue weighted by atomic mass is 35.5. The van der Waals surface area contributed by atoms with E-state index in [9.17, 15) is 0 Å². The van der Waals surface area contributed by atoms with Crippen molar-refractivity contribution in [1.82, 2.24) is 20.3 Å². The summed E-state index contributed by atoms with van der Waals surface area (Å²) in [5, 5.41) is 15.2. The van der Waals surface area contributed by atoms with E-state index in [-0.39, 0.29) is 5.41 Å². The van der Waals surface area contributed by atoms with Crippen LogP contribution in [0.25, 0.3) is 5.69 Å². The Morgan fingerprint density at radius 3 is 2.06 bits per heavy atom. The number of rotatable bonds is 4. The molecule has 1 aromatic heterocycles. The Balaban J connectivity index is 0.000000581. The van der Waals surface area contributed by atoms with Gasteiger partial charge in [-0.2, -0.15) is 0 Å². The molecule has 8 heteroatoms. The molecular formula is C26H40ClN5O2. The number of halogens is 1. The fourth-order valence-corrected chi connectivity index (χ4v) is 3.03. The summed E-state index contributed by atoms with van der Waals surface area (Å²) in [6.07, 6.45) is 0. The van der Waals surface area contributed by atoms with Crippen molar-refractivity contribution in [2.45, 2.75) is 46.6 Å². The lowest BCUT2D eigenvalue weighted by Crippen LogP contribution is -2.10. The molecular weight excluding hydrogens is 450 g/mol. The molecule has 0 saturated carbocycles. The summed E-state index contributed by atoms with van der Waals surface area (Å²) in [6, 6.07) is 14.4. The third-order valence-electron chi connectivity index (χ3n) is 4.71. The highest BCUT2D eigenvalue weighted by molar-refractivity contribution is 6.30. The molecule has 7 nitrogen and oxygen atoms in total. The largest absolute Gasteiger partial charge is 0.388 e. The van der Waals surface area contributed by atoms with Gasteiger partial charge < -0.3 is 20.2 Å². The molecule has 0 unspecified atom stereocenters. The second-order valence-corrected chi connectivity index (χ2v) is 8.94. The lowest BCUT2D eigenvalue weighted by atomic mass is 9.87. The Morgan fingerprint density at radius 2 is 1.59 bits per heavy atom. The maximum atomic E-state index is 8.00. The topological polar surface area (TPSA) is 81.1 Å². The summed E-state index contributed by atoms with van der Waals surface area (Å²) in [6.45, 7) is 13.5. The van der Waals surface area contributed by atoms with Crippen molar-refractivity contribution < 1.29 is 9.53 Å². The van der Waals surface area contributed by atoms with Gasteiger partial charge in [-0.3, -0.25) is 0 Å². The molecule has 0 saturated heterocycles. The number of aromatic nitrogens is 3. The molecule has 0 spiro atoms. The quantitative estimate of drug-likeness (QED) is 0.513. The van der Waals surface area contributed by atoms with Gasteiger partial charge in [0.15, 0.2) is 0 Å². The average Bonchev–Trinajstić information content (AvgIpc) is 3.16. The minimum absolute atomic E-state index is 0.285. The van der Waals surface area contributed by atoms with Crippen molar-refractivity contribution in [2.75, 3.05) is 33.6 Å². The summed E-state index contributed by atoms with van der Waals surface area (Å²) in [7, 11) is 7.00. The molecule has 188 valence electrons. The van der Waals surface area contributed by atoms with Crippen molar-refractivity contribution in [3.63, 3.8) is 0 Å². The number of hydrogen-bond donors (Lipinski definition) is 2. The first kappa shape index (κ1) is 31.3. The molecule has 3 aromatic rings. The van der Waals surface area contributed by atoms with Crippen LogP contribution in [-0.2, 0) is 21.5 Å². The number of benzene rings is 2. The van der Waals surface area contributed by atoms with Crippen LogP contribution in [0.5, 0.6) is 0 Å². The monoisotopic (exact) mass is 489 g/mol. The fourth-order valence-electron chi connectivity index (χ4n) is 2.86. The Labute approximate surface area is 209 Å². The second kappa shape index (κ2) is 16.0. The Morgan fingerprint density at radius 1 is 1.03 bits per heavy atom. The molecule has 2 aromatic carbocycles. The van der Waals surface area contributed by atoms with Crippen LogP contribution in [0.15, 0.2) is 42.5 Å². The highest BCUT2D eigenvalue weighted by Gasteiger charge is 2.13. The van der Waals surface area contributed by atoms with E-state index in [1.807, 2.05) is 46.0 Å². The van der Waals surface area contributed by atoms with Crippen LogP contribution in [-0.4, -0.2) is 50.1 Å². The number of nitrogens with zero attached hydrogens (tertiary/aromatic N) is 3. The van der Waals surface area contributed by atoms with Gasteiger partial charge in [0.25, 0.3) is 0 Å². The number of nitrogens with one attached hydrogen (secondary N) is 2. The molecule has 0 radical (unpaired) electrons. The van der Waals surface area contributed by atoms with Crippen molar-refractivity contribution >= 4 is 24.1 Å². The van der Waals surface area contributed by atoms with E-state index in [2.05, 4.69) is 77.6 Å². The molecule has 2 N–H and O–H groups in total. The smallest absolute Gasteiger partial charge is 0.106 e. The van der Waals surface area contributed by atoms with Crippen LogP contribution >= 0.6 is 11.6 Å². The van der Waals surface area contributed by atoms with E-state index in [1.54, 1.807) is 18.9 Å². The summed E-state index contributed by atoms with van der Waals surface area (Å²) in [5.41, 5.74) is 6.82. The zero-order valence-electron chi connectivity index (χ0n) is 22.0. The Kier molecular flexibility index (Phi) is 14.7. The van der Waals surface area contributed by atoms with E-state index >= 15 is 0 Å². The first-order valence-corrected chi connectivity index (χ1v) is 11.3. The van der Waals surface area contributed by atoms with Crippen LogP contribution in [0.1, 0.15) is 43.3 Å². The van der Waals surface area contributed by atoms with Crippen molar-refractivity contribution in [3.05, 3.63) is 70.0 Å². The number of aryl methyl sites for hydroxylation is 1. The molecule has 3 rings (SSSR count). The molecule has 0 bridgehead atoms. The van der Waals surface area contributed by atoms with Crippen molar-refractivity contribution in [3.8, 4) is 5.69 Å². The van der Waals surface area contributed by atoms with Gasteiger partial charge in [0.1, 0.15) is 6.79 Å². The lowest BCUT2D eigenvalue weighted by Gasteiger charge is -2.18. The summed E-state index contributed by atoms with van der Waals surface area (Å²) in [4.78, 5) is 8.00. The van der Waals surface area contributed by atoms with E-state index in [1.165, 1.54) is 11.1 Å². The van der Waals surface area contributed by atoms with E-state index in [0.717, 1.165) is 22.8 Å². The molecule has 0 aliphatic carbocycles. The minimum atomic E-state index is 0.285. The Hall–Kier alpha value is -2.74. The molecule has 1 heterocycles. The highest BCUT2D eigenvalue weighted by Crippen LogP contribution is 2.25. The second-order valence-electron chi connectivity index (χ2n) is 8.50. The van der Waals surface area contributed by atoms with Crippen LogP contribution in [0.3, 0.4) is 0 Å². The first-order valence-electron chi connectivity index (χ1n) is 10.9. The number of methoxy groups -OCH3 is 1. The maximum Gasteiger partial charge on any atom is 0.106 e. The zero-order chi connectivity index (χ0) is 26.3. The first-order chi connectivity index (χ1) is 16.1. The van der Waals surface area contributed by atoms with Gasteiger partial charge in [-0.05, 0) is 50.1 Å². The van der Waals surface area contributed by atoms with Gasteiger partial charge in [0, 0.05) is 32.8 Å². The third-order valence-corrected chi connectivity index (χ3v) is 4.94. The van der Waals surface area contributed by atoms with Gasteiger partial charge in [0.2, 0.25) is 0 Å². The lowest BCUT2D eigenvalue weighted by molar-refractivity contribution is -0.0979. The fraction of sp³-hybridized carbons (Fsp3) is 0.423. The standard InChI is InChI=1S/C12H16ClN5.C11H16.C2H6O.CH2O/c1-8-11(7-14-2)16-17-18(8)12-6-9(13)4-5-10(12)15-3;1-9-5-7-10(8-6-9)11(2,3)4;1-3-2;1-2/h4-6,14-15H,7H2,1-3H3;5-8H,1-4H3;1-2H3;1H2. The van der Waals surface area contributed by atoms with Crippen LogP contribution in [0.4, 0.5) is 5.69 Å². The zero-order valence-corrected chi connectivity index (χ0v) is 22.7. The summed E-state index contributed by atoms with van der Waals surface area (Å²) >= 11 is 6.04. The molecule has 0 amide bonds. The van der Waals surface area contributed by atoms with Gasteiger partial charge in [0.05, 0.1) is 22.8 Å². The molecule has 0 aliphatic heterocycles. The number of carbonyl (C=O) groups excluding carboxylic acids is 1. The van der Waals surface area contributed by atoms with Gasteiger partial charge >= 0.3 is 0 Å². The predicted molar refractivity (Wildman–Crippen MR) is 143 cm³/mol. The number of ether oxygens (including phenoxy) is 1. The van der Waals surface area contributed by atoms with Crippen molar-refractivity contribution in [2.24, 2.45) is 0 Å². The predicted octanol–water partition coefficient (Wildman–Crippen LogP) is 5.36. The van der Waals surface area contributed by atoms with Gasteiger partial charge in [-0.1, -0.05) is 67.4 Å². The maximum absolute atomic E-state index is 8.00. The van der Waals surface area contributed by atoms with E-state index in [4.69, 9.17) is 16.4 Å². The van der Waals surface area contributed by atoms with Gasteiger partial charge in [-0.25, -0.2) is 4.68 Å². The molecule has 34 heavy (non-hydrogen) atoms. The molecule has 0 aliphatic rings. The van der Waals surface area contributed by atoms with E-state index in [0.29, 0.717) is 11.6 Å². The molecule has 0 fully saturated rings. The third kappa shape index (κ3) is 10.0. The van der Waals surface area contributed by atoms with Crippen LogP contribution in [0, 0.1) is 13.8 Å². The van der Waals surface area contributed by atoms with Crippen molar-refractivity contribution in [1.29, 1.82) is 0 Å². The summed E-state index contributed by atoms with van der Waals surface area (Å²) in [5.74, 6) is 0. The Bertz CT molecular complexity index is 966. The average molecular weight is 490 g/mol. The molecule has 0 atom stereocenters. The number of carbonyl (C=O) groups is 1.